The van der Waals surface area contributed by atoms with Gasteiger partial charge in [0.25, 0.3) is 20.2 Å². The number of hydrogen-bond acceptors (Lipinski definition) is 9. The van der Waals surface area contributed by atoms with Gasteiger partial charge in [0.2, 0.25) is 11.9 Å². The maximum Gasteiger partial charge on any atom is 0.323 e. The molecule has 2 aromatic carbocycles. The molecule has 0 aromatic heterocycles. The first-order valence-corrected chi connectivity index (χ1v) is 14.3. The fraction of sp³-hybridized carbons (Fsp3) is 0.190. The van der Waals surface area contributed by atoms with Gasteiger partial charge in [0, 0.05) is 11.4 Å². The fourth-order valence-corrected chi connectivity index (χ4v) is 2.26. The number of benzene rings is 2. The molecule has 0 heterocycles. The van der Waals surface area contributed by atoms with Gasteiger partial charge in [0.15, 0.2) is 0 Å². The van der Waals surface area contributed by atoms with Crippen LogP contribution in [-0.2, 0) is 20.2 Å². The van der Waals surface area contributed by atoms with Crippen LogP contribution in [0, 0.1) is 0 Å². The Hall–Kier alpha value is -4.59. The predicted octanol–water partition coefficient (Wildman–Crippen LogP) is 0.333. The summed E-state index contributed by atoms with van der Waals surface area (Å²) in [7, 11) is -7.33. The monoisotopic (exact) mass is 600 g/mol. The highest BCUT2D eigenvalue weighted by Gasteiger charge is 2.05. The third kappa shape index (κ3) is 20.5. The number of hydrogen-bond donors (Lipinski definition) is 8. The third-order valence-corrected chi connectivity index (χ3v) is 3.75. The van der Waals surface area contributed by atoms with E-state index in [1.165, 1.54) is 0 Å². The van der Waals surface area contributed by atoms with Crippen molar-refractivity contribution in [2.75, 3.05) is 23.1 Å². The molecule has 0 saturated carbocycles. The van der Waals surface area contributed by atoms with Crippen molar-refractivity contribution >= 4 is 61.0 Å². The third-order valence-electron chi connectivity index (χ3n) is 3.75. The quantitative estimate of drug-likeness (QED) is 0.0966. The Morgan fingerprint density at radius 1 is 0.625 bits per heavy atom. The number of nitrogens with zero attached hydrogens (tertiary/aromatic N) is 4. The number of nitrogens with one attached hydrogen (secondary N) is 2. The van der Waals surface area contributed by atoms with Crippen LogP contribution in [0.2, 0.25) is 0 Å². The van der Waals surface area contributed by atoms with Gasteiger partial charge in [0.1, 0.15) is 0 Å². The number of guanidine groups is 2. The Morgan fingerprint density at radius 3 is 1.10 bits per heavy atom. The number of amides is 2. The van der Waals surface area contributed by atoms with E-state index in [1.54, 1.807) is 62.4 Å². The molecule has 0 bridgehead atoms. The molecule has 0 spiro atoms. The topological polar surface area (TPSA) is 303 Å². The zero-order valence-corrected chi connectivity index (χ0v) is 23.6. The predicted molar refractivity (Wildman–Crippen MR) is 157 cm³/mol. The van der Waals surface area contributed by atoms with Crippen molar-refractivity contribution in [1.29, 1.82) is 0 Å². The van der Waals surface area contributed by atoms with E-state index in [9.17, 15) is 21.6 Å². The van der Waals surface area contributed by atoms with Crippen molar-refractivity contribution in [3.8, 4) is 0 Å². The van der Waals surface area contributed by atoms with Gasteiger partial charge >= 0.3 is 6.03 Å². The van der Waals surface area contributed by atoms with E-state index < -0.39 is 20.2 Å². The number of rotatable bonds is 6. The van der Waals surface area contributed by atoms with Gasteiger partial charge < -0.3 is 33.6 Å². The van der Waals surface area contributed by atoms with Crippen LogP contribution in [-0.4, -0.2) is 67.8 Å². The van der Waals surface area contributed by atoms with Crippen LogP contribution in [0.25, 0.3) is 0 Å². The Kier molecular flexibility index (Phi) is 14.5. The van der Waals surface area contributed by atoms with Crippen molar-refractivity contribution in [3.63, 3.8) is 0 Å². The van der Waals surface area contributed by atoms with E-state index in [-0.39, 0.29) is 18.0 Å². The summed E-state index contributed by atoms with van der Waals surface area (Å²) >= 11 is 0. The first kappa shape index (κ1) is 35.4. The highest BCUT2D eigenvalue weighted by Crippen LogP contribution is 2.14. The first-order chi connectivity index (χ1) is 18.2. The molecule has 40 heavy (non-hydrogen) atoms. The van der Waals surface area contributed by atoms with E-state index >= 15 is 0 Å². The summed E-state index contributed by atoms with van der Waals surface area (Å²) < 4.78 is 51.7. The molecule has 0 saturated heterocycles. The van der Waals surface area contributed by atoms with Crippen LogP contribution in [0.1, 0.15) is 25.0 Å². The lowest BCUT2D eigenvalue weighted by Gasteiger charge is -2.09. The SMILES string of the molecule is C/C(=N\N=C(N)N)c1ccc(NC(=O)Nc2ccc(/C(C)=N/N=C(N)N)cc2)cc1.CS(=O)(=O)O.CS(=O)(=O)O. The van der Waals surface area contributed by atoms with E-state index in [0.29, 0.717) is 35.3 Å². The van der Waals surface area contributed by atoms with E-state index in [2.05, 4.69) is 31.0 Å². The molecule has 19 heteroatoms. The Morgan fingerprint density at radius 2 is 0.875 bits per heavy atom. The van der Waals surface area contributed by atoms with Crippen LogP contribution >= 0.6 is 0 Å². The van der Waals surface area contributed by atoms with Crippen LogP contribution in [0.3, 0.4) is 0 Å². The average molecular weight is 601 g/mol. The lowest BCUT2D eigenvalue weighted by Crippen LogP contribution is -2.22. The molecule has 0 fully saturated rings. The van der Waals surface area contributed by atoms with Gasteiger partial charge in [0.05, 0.1) is 23.9 Å². The van der Waals surface area contributed by atoms with Crippen LogP contribution in [0.4, 0.5) is 16.2 Å². The zero-order chi connectivity index (χ0) is 31.1. The molecule has 17 nitrogen and oxygen atoms in total. The van der Waals surface area contributed by atoms with Gasteiger partial charge in [-0.2, -0.15) is 27.0 Å². The minimum absolute atomic E-state index is 0.117. The second kappa shape index (κ2) is 16.4. The van der Waals surface area contributed by atoms with Crippen LogP contribution in [0.15, 0.2) is 68.9 Å². The number of carbonyl (C=O) groups excluding carboxylic acids is 1. The van der Waals surface area contributed by atoms with Crippen molar-refractivity contribution in [2.24, 2.45) is 43.3 Å². The van der Waals surface area contributed by atoms with Gasteiger partial charge in [-0.1, -0.05) is 24.3 Å². The molecule has 12 N–H and O–H groups in total. The Labute approximate surface area is 231 Å². The molecule has 0 aliphatic heterocycles. The molecule has 0 atom stereocenters. The van der Waals surface area contributed by atoms with Gasteiger partial charge in [-0.25, -0.2) is 4.79 Å². The largest absolute Gasteiger partial charge is 0.369 e. The molecule has 2 rings (SSSR count). The van der Waals surface area contributed by atoms with E-state index in [0.717, 1.165) is 11.1 Å². The summed E-state index contributed by atoms with van der Waals surface area (Å²) in [5.41, 5.74) is 25.2. The average Bonchev–Trinajstić information content (AvgIpc) is 2.79. The lowest BCUT2D eigenvalue weighted by atomic mass is 10.1. The summed E-state index contributed by atoms with van der Waals surface area (Å²) in [6, 6.07) is 13.8. The summed E-state index contributed by atoms with van der Waals surface area (Å²) in [6.45, 7) is 3.55. The molecular formula is C21H32N10O7S2. The zero-order valence-electron chi connectivity index (χ0n) is 22.0. The van der Waals surface area contributed by atoms with Gasteiger partial charge in [-0.15, -0.1) is 10.2 Å². The molecule has 0 unspecified atom stereocenters. The summed E-state index contributed by atoms with van der Waals surface area (Å²) in [5.74, 6) is -0.234. The van der Waals surface area contributed by atoms with E-state index in [1.807, 2.05) is 0 Å². The highest BCUT2D eigenvalue weighted by molar-refractivity contribution is 7.85. The number of nitrogens with two attached hydrogens (primary N) is 4. The minimum Gasteiger partial charge on any atom is -0.369 e. The number of urea groups is 1. The molecule has 0 aliphatic rings. The summed E-state index contributed by atoms with van der Waals surface area (Å²) in [6.07, 6.45) is 1.43. The van der Waals surface area contributed by atoms with E-state index in [4.69, 9.17) is 32.0 Å². The van der Waals surface area contributed by atoms with Crippen molar-refractivity contribution in [2.45, 2.75) is 13.8 Å². The maximum absolute atomic E-state index is 12.2. The first-order valence-electron chi connectivity index (χ1n) is 10.6. The smallest absolute Gasteiger partial charge is 0.323 e. The second-order valence-corrected chi connectivity index (χ2v) is 10.6. The lowest BCUT2D eigenvalue weighted by molar-refractivity contribution is 0.262. The van der Waals surface area contributed by atoms with Crippen LogP contribution < -0.4 is 33.6 Å². The second-order valence-electron chi connectivity index (χ2n) is 7.62. The van der Waals surface area contributed by atoms with Gasteiger partial charge in [-0.3, -0.25) is 9.11 Å². The molecule has 2 aromatic rings. The highest BCUT2D eigenvalue weighted by atomic mass is 32.2. The Balaban J connectivity index is 0.00000130. The molecule has 0 radical (unpaired) electrons. The summed E-state index contributed by atoms with van der Waals surface area (Å²) in [4.78, 5) is 12.2. The van der Waals surface area contributed by atoms with Crippen molar-refractivity contribution < 1.29 is 30.7 Å². The molecule has 0 aliphatic carbocycles. The van der Waals surface area contributed by atoms with Crippen molar-refractivity contribution in [1.82, 2.24) is 0 Å². The maximum atomic E-state index is 12.2. The summed E-state index contributed by atoms with van der Waals surface area (Å²) in [5, 5.41) is 20.5. The standard InChI is InChI=1S/C19H24N10O.2CH4O3S/c1-11(26-28-17(20)21)13-3-7-15(8-4-13)24-19(30)25-16-9-5-14(6-10-16)12(2)27-29-18(22)23;2*1-5(2,3)4/h3-10H,1-2H3,(H4,20,21,28)(H4,22,23,29)(H2,24,25,30);2*1H3,(H,2,3,4)/b26-11+,27-12+;;. The Bertz CT molecular complexity index is 1330. The van der Waals surface area contributed by atoms with Gasteiger partial charge in [-0.05, 0) is 49.2 Å². The molecular weight excluding hydrogens is 568 g/mol. The molecule has 220 valence electrons. The number of anilines is 2. The van der Waals surface area contributed by atoms with Crippen LogP contribution in [0.5, 0.6) is 0 Å². The normalized spacial score (nSPS) is 11.4. The minimum atomic E-state index is -3.67. The molecule has 2 amide bonds. The number of carbonyl (C=O) groups is 1. The van der Waals surface area contributed by atoms with Crippen molar-refractivity contribution in [3.05, 3.63) is 59.7 Å². The fourth-order valence-electron chi connectivity index (χ4n) is 2.26.